The molecule has 0 aromatic heterocycles. The molecule has 0 heterocycles. The van der Waals surface area contributed by atoms with Crippen molar-refractivity contribution in [1.29, 1.82) is 0 Å². The summed E-state index contributed by atoms with van der Waals surface area (Å²) in [6, 6.07) is 5.66. The number of hydrogen-bond donors (Lipinski definition) is 2. The summed E-state index contributed by atoms with van der Waals surface area (Å²) in [5, 5.41) is 19.0. The Labute approximate surface area is 96.7 Å². The number of aliphatic hydroxyl groups excluding tert-OH is 2. The lowest BCUT2D eigenvalue weighted by molar-refractivity contribution is 0.101. The molecule has 0 radical (unpaired) electrons. The van der Waals surface area contributed by atoms with Crippen LogP contribution in [0.2, 0.25) is 0 Å². The molecule has 2 unspecified atom stereocenters. The van der Waals surface area contributed by atoms with Crippen LogP contribution in [0.1, 0.15) is 37.5 Å². The summed E-state index contributed by atoms with van der Waals surface area (Å²) < 4.78 is 5.50. The highest BCUT2D eigenvalue weighted by molar-refractivity contribution is 5.38. The first-order valence-electron chi connectivity index (χ1n) is 5.64. The molecule has 2 atom stereocenters. The van der Waals surface area contributed by atoms with Crippen molar-refractivity contribution in [3.8, 4) is 5.75 Å². The Bertz CT molecular complexity index is 334. The molecule has 0 aliphatic rings. The van der Waals surface area contributed by atoms with E-state index in [1.165, 1.54) is 0 Å². The van der Waals surface area contributed by atoms with Gasteiger partial charge in [-0.3, -0.25) is 0 Å². The minimum absolute atomic E-state index is 0.263. The molecular formula is C13H20O3. The van der Waals surface area contributed by atoms with Crippen LogP contribution in [0.3, 0.4) is 0 Å². The summed E-state index contributed by atoms with van der Waals surface area (Å²) in [4.78, 5) is 0. The van der Waals surface area contributed by atoms with Crippen molar-refractivity contribution in [1.82, 2.24) is 0 Å². The highest BCUT2D eigenvalue weighted by Crippen LogP contribution is 2.26. The molecule has 16 heavy (non-hydrogen) atoms. The fourth-order valence-electron chi connectivity index (χ4n) is 1.43. The van der Waals surface area contributed by atoms with Gasteiger partial charge in [-0.05, 0) is 32.4 Å². The van der Waals surface area contributed by atoms with Crippen LogP contribution in [-0.4, -0.2) is 22.9 Å². The largest absolute Gasteiger partial charge is 0.491 e. The van der Waals surface area contributed by atoms with Crippen LogP contribution in [0.25, 0.3) is 0 Å². The second-order valence-electron chi connectivity index (χ2n) is 4.09. The van der Waals surface area contributed by atoms with Gasteiger partial charge in [0.25, 0.3) is 0 Å². The van der Waals surface area contributed by atoms with E-state index >= 15 is 0 Å². The summed E-state index contributed by atoms with van der Waals surface area (Å²) in [5.41, 5.74) is 1.85. The number of benzene rings is 1. The maximum atomic E-state index is 9.61. The van der Waals surface area contributed by atoms with Gasteiger partial charge in [-0.25, -0.2) is 0 Å². The molecule has 1 aromatic rings. The number of hydrogen-bond acceptors (Lipinski definition) is 3. The highest BCUT2D eigenvalue weighted by atomic mass is 16.5. The van der Waals surface area contributed by atoms with E-state index in [4.69, 9.17) is 4.74 Å². The normalized spacial score (nSPS) is 14.6. The Morgan fingerprint density at radius 3 is 2.56 bits per heavy atom. The maximum Gasteiger partial charge on any atom is 0.125 e. The standard InChI is InChI=1S/C13H20O3/c1-4-11(15)8-16-13-6-5-9(2)7-12(13)10(3)14/h5-7,10-11,14-15H,4,8H2,1-3H3. The van der Waals surface area contributed by atoms with Crippen LogP contribution >= 0.6 is 0 Å². The smallest absolute Gasteiger partial charge is 0.125 e. The third-order valence-corrected chi connectivity index (χ3v) is 2.52. The zero-order valence-electron chi connectivity index (χ0n) is 10.1. The molecule has 0 amide bonds. The second kappa shape index (κ2) is 5.87. The summed E-state index contributed by atoms with van der Waals surface area (Å²) in [7, 11) is 0. The zero-order chi connectivity index (χ0) is 12.1. The van der Waals surface area contributed by atoms with Crippen molar-refractivity contribution in [2.75, 3.05) is 6.61 Å². The first-order valence-corrected chi connectivity index (χ1v) is 5.64. The topological polar surface area (TPSA) is 49.7 Å². The lowest BCUT2D eigenvalue weighted by atomic mass is 10.1. The lowest BCUT2D eigenvalue weighted by Gasteiger charge is -2.16. The minimum Gasteiger partial charge on any atom is -0.491 e. The van der Waals surface area contributed by atoms with Crippen LogP contribution < -0.4 is 4.74 Å². The van der Waals surface area contributed by atoms with E-state index in [0.29, 0.717) is 12.2 Å². The van der Waals surface area contributed by atoms with E-state index in [-0.39, 0.29) is 6.61 Å². The van der Waals surface area contributed by atoms with Crippen LogP contribution in [0.4, 0.5) is 0 Å². The van der Waals surface area contributed by atoms with E-state index in [1.54, 1.807) is 6.92 Å². The van der Waals surface area contributed by atoms with Gasteiger partial charge in [0, 0.05) is 5.56 Å². The molecular weight excluding hydrogens is 204 g/mol. The quantitative estimate of drug-likeness (QED) is 0.806. The third-order valence-electron chi connectivity index (χ3n) is 2.52. The van der Waals surface area contributed by atoms with Gasteiger partial charge in [0.1, 0.15) is 12.4 Å². The Morgan fingerprint density at radius 1 is 1.31 bits per heavy atom. The van der Waals surface area contributed by atoms with Gasteiger partial charge in [0.2, 0.25) is 0 Å². The summed E-state index contributed by atoms with van der Waals surface area (Å²) in [6.07, 6.45) is -0.354. The van der Waals surface area contributed by atoms with Crippen LogP contribution in [0.5, 0.6) is 5.75 Å². The van der Waals surface area contributed by atoms with Gasteiger partial charge in [0.05, 0.1) is 12.2 Å². The van der Waals surface area contributed by atoms with Crippen LogP contribution in [0, 0.1) is 6.92 Å². The molecule has 0 aliphatic heterocycles. The predicted octanol–water partition coefficient (Wildman–Crippen LogP) is 2.20. The average molecular weight is 224 g/mol. The Balaban J connectivity index is 2.78. The van der Waals surface area contributed by atoms with Gasteiger partial charge in [-0.2, -0.15) is 0 Å². The Morgan fingerprint density at radius 2 is 2.00 bits per heavy atom. The number of rotatable bonds is 5. The highest BCUT2D eigenvalue weighted by Gasteiger charge is 2.10. The molecule has 90 valence electrons. The van der Waals surface area contributed by atoms with Crippen LogP contribution in [0.15, 0.2) is 18.2 Å². The molecule has 0 saturated heterocycles. The lowest BCUT2D eigenvalue weighted by Crippen LogP contribution is -2.16. The van der Waals surface area contributed by atoms with E-state index < -0.39 is 12.2 Å². The second-order valence-corrected chi connectivity index (χ2v) is 4.09. The molecule has 2 N–H and O–H groups in total. The van der Waals surface area contributed by atoms with E-state index in [1.807, 2.05) is 32.0 Å². The Hall–Kier alpha value is -1.06. The fraction of sp³-hybridized carbons (Fsp3) is 0.538. The van der Waals surface area contributed by atoms with Crippen molar-refractivity contribution < 1.29 is 14.9 Å². The van der Waals surface area contributed by atoms with E-state index in [2.05, 4.69) is 0 Å². The number of ether oxygens (including phenoxy) is 1. The van der Waals surface area contributed by atoms with Crippen molar-refractivity contribution >= 4 is 0 Å². The first kappa shape index (κ1) is 13.0. The zero-order valence-corrected chi connectivity index (χ0v) is 10.1. The molecule has 1 rings (SSSR count). The summed E-state index contributed by atoms with van der Waals surface area (Å²) in [6.45, 7) is 5.84. The molecule has 3 heteroatoms. The van der Waals surface area contributed by atoms with Crippen molar-refractivity contribution in [2.24, 2.45) is 0 Å². The average Bonchev–Trinajstić information content (AvgIpc) is 2.26. The first-order chi connectivity index (χ1) is 7.54. The molecule has 0 aliphatic carbocycles. The minimum atomic E-state index is -0.561. The molecule has 0 bridgehead atoms. The third kappa shape index (κ3) is 3.51. The molecule has 1 aromatic carbocycles. The molecule has 3 nitrogen and oxygen atoms in total. The molecule has 0 spiro atoms. The van der Waals surface area contributed by atoms with Gasteiger partial charge in [-0.15, -0.1) is 0 Å². The van der Waals surface area contributed by atoms with Crippen LogP contribution in [-0.2, 0) is 0 Å². The van der Waals surface area contributed by atoms with E-state index in [0.717, 1.165) is 11.1 Å². The van der Waals surface area contributed by atoms with Crippen molar-refractivity contribution in [2.45, 2.75) is 39.4 Å². The van der Waals surface area contributed by atoms with Crippen molar-refractivity contribution in [3.05, 3.63) is 29.3 Å². The fourth-order valence-corrected chi connectivity index (χ4v) is 1.43. The SMILES string of the molecule is CCC(O)COc1ccc(C)cc1C(C)O. The number of aryl methyl sites for hydroxylation is 1. The monoisotopic (exact) mass is 224 g/mol. The number of aliphatic hydroxyl groups is 2. The van der Waals surface area contributed by atoms with Gasteiger partial charge >= 0.3 is 0 Å². The predicted molar refractivity (Wildman–Crippen MR) is 63.6 cm³/mol. The molecule has 0 fully saturated rings. The van der Waals surface area contributed by atoms with Gasteiger partial charge in [-0.1, -0.05) is 18.6 Å². The van der Waals surface area contributed by atoms with Gasteiger partial charge in [0.15, 0.2) is 0 Å². The summed E-state index contributed by atoms with van der Waals surface area (Å²) >= 11 is 0. The molecule has 0 saturated carbocycles. The summed E-state index contributed by atoms with van der Waals surface area (Å²) in [5.74, 6) is 0.646. The van der Waals surface area contributed by atoms with Crippen molar-refractivity contribution in [3.63, 3.8) is 0 Å². The van der Waals surface area contributed by atoms with Gasteiger partial charge < -0.3 is 14.9 Å². The maximum absolute atomic E-state index is 9.61. The van der Waals surface area contributed by atoms with E-state index in [9.17, 15) is 10.2 Å². The Kier molecular flexibility index (Phi) is 4.77.